The van der Waals surface area contributed by atoms with Crippen molar-refractivity contribution in [2.75, 3.05) is 13.2 Å². The molecule has 1 unspecified atom stereocenters. The largest absolute Gasteiger partial charge is 0.396 e. The lowest BCUT2D eigenvalue weighted by Crippen LogP contribution is -2.07. The molecule has 80 valence electrons. The molecule has 1 aromatic rings. The van der Waals surface area contributed by atoms with Gasteiger partial charge in [-0.05, 0) is 24.0 Å². The summed E-state index contributed by atoms with van der Waals surface area (Å²) in [4.78, 5) is 4.59. The Labute approximate surface area is 90.7 Å². The molecule has 1 aromatic carbocycles. The summed E-state index contributed by atoms with van der Waals surface area (Å²) in [5.74, 6) is 0.529. The Morgan fingerprint density at radius 2 is 2.20 bits per heavy atom. The average Bonchev–Trinajstić information content (AvgIpc) is 2.56. The maximum Gasteiger partial charge on any atom is 0.0454 e. The van der Waals surface area contributed by atoms with Crippen LogP contribution in [0.25, 0.3) is 0 Å². The van der Waals surface area contributed by atoms with E-state index in [4.69, 9.17) is 5.11 Å². The molecule has 0 fully saturated rings. The van der Waals surface area contributed by atoms with E-state index in [1.807, 2.05) is 0 Å². The molecule has 2 nitrogen and oxygen atoms in total. The van der Waals surface area contributed by atoms with Gasteiger partial charge in [0.25, 0.3) is 0 Å². The molecule has 0 aromatic heterocycles. The van der Waals surface area contributed by atoms with Crippen LogP contribution in [0.1, 0.15) is 24.5 Å². The van der Waals surface area contributed by atoms with Gasteiger partial charge >= 0.3 is 0 Å². The van der Waals surface area contributed by atoms with E-state index in [1.165, 1.54) is 16.8 Å². The van der Waals surface area contributed by atoms with Gasteiger partial charge in [-0.1, -0.05) is 31.2 Å². The molecule has 0 heterocycles. The molecule has 1 aliphatic carbocycles. The molecule has 0 bridgehead atoms. The standard InChI is InChI=1S/C13H17NO/c1-10-9-11-5-2-3-6-12(11)13(10)14-7-4-8-15/h2-3,5-6,10,15H,4,7-9H2,1H3. The fourth-order valence-electron chi connectivity index (χ4n) is 2.15. The Hall–Kier alpha value is -1.15. The number of aliphatic hydroxyl groups is 1. The van der Waals surface area contributed by atoms with Crippen molar-refractivity contribution >= 4 is 5.71 Å². The molecule has 0 amide bonds. The molecule has 0 radical (unpaired) electrons. The number of aliphatic hydroxyl groups excluding tert-OH is 1. The van der Waals surface area contributed by atoms with Crippen molar-refractivity contribution in [3.8, 4) is 0 Å². The summed E-state index contributed by atoms with van der Waals surface area (Å²) in [5, 5.41) is 8.73. The van der Waals surface area contributed by atoms with E-state index in [1.54, 1.807) is 0 Å². The normalized spacial score (nSPS) is 22.0. The second kappa shape index (κ2) is 4.58. The van der Waals surface area contributed by atoms with Gasteiger partial charge in [0.2, 0.25) is 0 Å². The van der Waals surface area contributed by atoms with Crippen LogP contribution in [-0.4, -0.2) is 24.0 Å². The van der Waals surface area contributed by atoms with Gasteiger partial charge in [0.1, 0.15) is 0 Å². The molecular formula is C13H17NO. The smallest absolute Gasteiger partial charge is 0.0454 e. The Kier molecular flexibility index (Phi) is 3.17. The van der Waals surface area contributed by atoms with Crippen LogP contribution in [0.15, 0.2) is 29.3 Å². The molecule has 1 N–H and O–H groups in total. The number of nitrogens with zero attached hydrogens (tertiary/aromatic N) is 1. The number of fused-ring (bicyclic) bond motifs is 1. The lowest BCUT2D eigenvalue weighted by Gasteiger charge is -2.04. The minimum absolute atomic E-state index is 0.229. The zero-order valence-electron chi connectivity index (χ0n) is 9.11. The first-order valence-corrected chi connectivity index (χ1v) is 5.56. The summed E-state index contributed by atoms with van der Waals surface area (Å²) in [5.41, 5.74) is 3.94. The molecule has 0 saturated heterocycles. The highest BCUT2D eigenvalue weighted by Gasteiger charge is 2.23. The summed E-state index contributed by atoms with van der Waals surface area (Å²) in [6.07, 6.45) is 1.87. The predicted octanol–water partition coefficient (Wildman–Crippen LogP) is 2.05. The first-order valence-electron chi connectivity index (χ1n) is 5.56. The van der Waals surface area contributed by atoms with Crippen LogP contribution in [0.5, 0.6) is 0 Å². The third-order valence-corrected chi connectivity index (χ3v) is 2.88. The Morgan fingerprint density at radius 3 is 3.00 bits per heavy atom. The number of hydrogen-bond acceptors (Lipinski definition) is 2. The van der Waals surface area contributed by atoms with Gasteiger partial charge in [0.05, 0.1) is 0 Å². The number of hydrogen-bond donors (Lipinski definition) is 1. The van der Waals surface area contributed by atoms with E-state index in [0.717, 1.165) is 19.4 Å². The fourth-order valence-corrected chi connectivity index (χ4v) is 2.15. The average molecular weight is 203 g/mol. The van der Waals surface area contributed by atoms with Crippen LogP contribution in [0.3, 0.4) is 0 Å². The van der Waals surface area contributed by atoms with Crippen LogP contribution in [0.2, 0.25) is 0 Å². The minimum atomic E-state index is 0.229. The Balaban J connectivity index is 2.22. The first kappa shape index (κ1) is 10.4. The second-order valence-corrected chi connectivity index (χ2v) is 4.11. The fraction of sp³-hybridized carbons (Fsp3) is 0.462. The van der Waals surface area contributed by atoms with E-state index < -0.39 is 0 Å². The summed E-state index contributed by atoms with van der Waals surface area (Å²) in [6.45, 7) is 3.19. The maximum absolute atomic E-state index is 8.73. The van der Waals surface area contributed by atoms with Crippen molar-refractivity contribution < 1.29 is 5.11 Å². The molecule has 1 aliphatic rings. The van der Waals surface area contributed by atoms with Gasteiger partial charge < -0.3 is 5.11 Å². The van der Waals surface area contributed by atoms with Crippen molar-refractivity contribution in [3.05, 3.63) is 35.4 Å². The highest BCUT2D eigenvalue weighted by Crippen LogP contribution is 2.26. The van der Waals surface area contributed by atoms with Crippen molar-refractivity contribution in [1.82, 2.24) is 0 Å². The third kappa shape index (κ3) is 2.10. The molecule has 0 aliphatic heterocycles. The maximum atomic E-state index is 8.73. The number of rotatable bonds is 3. The Bertz CT molecular complexity index is 371. The van der Waals surface area contributed by atoms with Crippen LogP contribution in [0.4, 0.5) is 0 Å². The van der Waals surface area contributed by atoms with Crippen molar-refractivity contribution in [2.24, 2.45) is 10.9 Å². The van der Waals surface area contributed by atoms with E-state index in [2.05, 4.69) is 36.2 Å². The molecule has 2 rings (SSSR count). The van der Waals surface area contributed by atoms with Crippen LogP contribution in [0, 0.1) is 5.92 Å². The second-order valence-electron chi connectivity index (χ2n) is 4.11. The van der Waals surface area contributed by atoms with Gasteiger partial charge in [-0.15, -0.1) is 0 Å². The number of aliphatic imine (C=N–C) groups is 1. The molecular weight excluding hydrogens is 186 g/mol. The highest BCUT2D eigenvalue weighted by atomic mass is 16.3. The first-order chi connectivity index (χ1) is 7.33. The van der Waals surface area contributed by atoms with Crippen LogP contribution in [-0.2, 0) is 6.42 Å². The monoisotopic (exact) mass is 203 g/mol. The molecule has 0 saturated carbocycles. The lowest BCUT2D eigenvalue weighted by molar-refractivity contribution is 0.291. The molecule has 2 heteroatoms. The van der Waals surface area contributed by atoms with E-state index in [9.17, 15) is 0 Å². The van der Waals surface area contributed by atoms with E-state index in [0.29, 0.717) is 5.92 Å². The lowest BCUT2D eigenvalue weighted by atomic mass is 10.1. The SMILES string of the molecule is CC1Cc2ccccc2C1=NCCCO. The van der Waals surface area contributed by atoms with Crippen molar-refractivity contribution in [2.45, 2.75) is 19.8 Å². The zero-order chi connectivity index (χ0) is 10.7. The molecule has 1 atom stereocenters. The summed E-state index contributed by atoms with van der Waals surface area (Å²) in [7, 11) is 0. The topological polar surface area (TPSA) is 32.6 Å². The van der Waals surface area contributed by atoms with Gasteiger partial charge in [0, 0.05) is 24.8 Å². The number of benzene rings is 1. The minimum Gasteiger partial charge on any atom is -0.396 e. The van der Waals surface area contributed by atoms with Crippen LogP contribution < -0.4 is 0 Å². The highest BCUT2D eigenvalue weighted by molar-refractivity contribution is 6.06. The van der Waals surface area contributed by atoms with Gasteiger partial charge in [-0.3, -0.25) is 4.99 Å². The molecule has 15 heavy (non-hydrogen) atoms. The van der Waals surface area contributed by atoms with Crippen molar-refractivity contribution in [3.63, 3.8) is 0 Å². The van der Waals surface area contributed by atoms with Crippen LogP contribution >= 0.6 is 0 Å². The van der Waals surface area contributed by atoms with Crippen molar-refractivity contribution in [1.29, 1.82) is 0 Å². The van der Waals surface area contributed by atoms with E-state index >= 15 is 0 Å². The third-order valence-electron chi connectivity index (χ3n) is 2.88. The Morgan fingerprint density at radius 1 is 1.40 bits per heavy atom. The van der Waals surface area contributed by atoms with Gasteiger partial charge in [-0.2, -0.15) is 0 Å². The quantitative estimate of drug-likeness (QED) is 0.749. The van der Waals surface area contributed by atoms with E-state index in [-0.39, 0.29) is 6.61 Å². The summed E-state index contributed by atoms with van der Waals surface area (Å²) < 4.78 is 0. The van der Waals surface area contributed by atoms with Gasteiger partial charge in [0.15, 0.2) is 0 Å². The van der Waals surface area contributed by atoms with Gasteiger partial charge in [-0.25, -0.2) is 0 Å². The summed E-state index contributed by atoms with van der Waals surface area (Å²) in [6, 6.07) is 8.48. The summed E-state index contributed by atoms with van der Waals surface area (Å²) >= 11 is 0. The zero-order valence-corrected chi connectivity index (χ0v) is 9.11. The molecule has 0 spiro atoms. The predicted molar refractivity (Wildman–Crippen MR) is 62.4 cm³/mol.